The summed E-state index contributed by atoms with van der Waals surface area (Å²) in [6.45, 7) is 4.93. The van der Waals surface area contributed by atoms with Gasteiger partial charge in [0.05, 0.1) is 6.42 Å². The third kappa shape index (κ3) is 5.35. The highest BCUT2D eigenvalue weighted by Crippen LogP contribution is 2.35. The summed E-state index contributed by atoms with van der Waals surface area (Å²) in [7, 11) is 0. The maximum atomic E-state index is 12.7. The molecular formula is C16H19F3N2O4. The van der Waals surface area contributed by atoms with Crippen molar-refractivity contribution >= 4 is 17.7 Å². The Morgan fingerprint density at radius 2 is 2.00 bits per heavy atom. The van der Waals surface area contributed by atoms with Gasteiger partial charge in [-0.25, -0.2) is 9.86 Å². The van der Waals surface area contributed by atoms with Gasteiger partial charge in [0.25, 0.3) is 0 Å². The van der Waals surface area contributed by atoms with E-state index >= 15 is 0 Å². The molecule has 9 heteroatoms. The Kier molecular flexibility index (Phi) is 5.26. The zero-order valence-corrected chi connectivity index (χ0v) is 14.0. The fourth-order valence-corrected chi connectivity index (χ4v) is 2.11. The number of hydrogen-bond donors (Lipinski definition) is 1. The van der Waals surface area contributed by atoms with Crippen LogP contribution in [0.25, 0.3) is 0 Å². The van der Waals surface area contributed by atoms with Crippen molar-refractivity contribution in [2.24, 2.45) is 0 Å². The Bertz CT molecular complexity index is 656. The van der Waals surface area contributed by atoms with Gasteiger partial charge in [0.2, 0.25) is 5.91 Å². The minimum atomic E-state index is -4.52. The molecule has 6 nitrogen and oxygen atoms in total. The van der Waals surface area contributed by atoms with Crippen molar-refractivity contribution in [3.05, 3.63) is 29.8 Å². The maximum absolute atomic E-state index is 12.7. The number of benzene rings is 1. The van der Waals surface area contributed by atoms with Crippen LogP contribution in [0.15, 0.2) is 24.3 Å². The molecule has 0 spiro atoms. The Balaban J connectivity index is 1.93. The van der Waals surface area contributed by atoms with Crippen LogP contribution >= 0.6 is 0 Å². The van der Waals surface area contributed by atoms with Crippen LogP contribution in [0.5, 0.6) is 0 Å². The van der Waals surface area contributed by atoms with E-state index in [-0.39, 0.29) is 6.61 Å². The number of halogens is 3. The lowest BCUT2D eigenvalue weighted by Crippen LogP contribution is -2.59. The van der Waals surface area contributed by atoms with Gasteiger partial charge in [0.15, 0.2) is 6.04 Å². The molecule has 1 atom stereocenters. The number of amides is 2. The lowest BCUT2D eigenvalue weighted by molar-refractivity contribution is -0.297. The summed E-state index contributed by atoms with van der Waals surface area (Å²) in [5.74, 6) is -0.717. The first-order chi connectivity index (χ1) is 11.5. The number of rotatable bonds is 4. The molecule has 25 heavy (non-hydrogen) atoms. The van der Waals surface area contributed by atoms with Crippen molar-refractivity contribution in [1.29, 1.82) is 0 Å². The molecule has 1 saturated heterocycles. The van der Waals surface area contributed by atoms with Gasteiger partial charge < -0.3 is 4.74 Å². The molecule has 0 bridgehead atoms. The summed E-state index contributed by atoms with van der Waals surface area (Å²) in [6.07, 6.45) is -5.78. The summed E-state index contributed by atoms with van der Waals surface area (Å²) in [5, 5.41) is 2.86. The third-order valence-electron chi connectivity index (χ3n) is 3.22. The van der Waals surface area contributed by atoms with E-state index < -0.39 is 36.2 Å². The van der Waals surface area contributed by atoms with Crippen LogP contribution in [0.4, 0.5) is 23.7 Å². The highest BCUT2D eigenvalue weighted by Gasteiger charge is 2.54. The molecule has 1 aromatic rings. The van der Waals surface area contributed by atoms with E-state index in [1.54, 1.807) is 39.0 Å². The molecule has 2 amide bonds. The average molecular weight is 360 g/mol. The molecule has 0 saturated carbocycles. The SMILES string of the molecule is CC(C)(C)OC(=O)Nc1cccc(CON2C(=O)CC2C(F)(F)F)c1. The van der Waals surface area contributed by atoms with Crippen molar-refractivity contribution < 1.29 is 32.3 Å². The zero-order chi connectivity index (χ0) is 18.8. The van der Waals surface area contributed by atoms with Crippen LogP contribution in [0.2, 0.25) is 0 Å². The predicted octanol–water partition coefficient (Wildman–Crippen LogP) is 3.63. The summed E-state index contributed by atoms with van der Waals surface area (Å²) in [5.41, 5.74) is 0.238. The summed E-state index contributed by atoms with van der Waals surface area (Å²) in [4.78, 5) is 28.0. The first kappa shape index (κ1) is 19.0. The molecule has 1 aromatic carbocycles. The van der Waals surface area contributed by atoms with Crippen molar-refractivity contribution in [2.45, 2.75) is 51.6 Å². The minimum Gasteiger partial charge on any atom is -0.444 e. The van der Waals surface area contributed by atoms with Crippen molar-refractivity contribution in [3.63, 3.8) is 0 Å². The van der Waals surface area contributed by atoms with Crippen LogP contribution in [0, 0.1) is 0 Å². The molecule has 1 unspecified atom stereocenters. The van der Waals surface area contributed by atoms with Crippen molar-refractivity contribution in [2.75, 3.05) is 5.32 Å². The molecule has 0 radical (unpaired) electrons. The summed E-state index contributed by atoms with van der Waals surface area (Å²) in [6, 6.07) is 4.41. The molecule has 0 aliphatic carbocycles. The number of hydroxylamine groups is 2. The van der Waals surface area contributed by atoms with Crippen LogP contribution in [-0.2, 0) is 21.0 Å². The van der Waals surface area contributed by atoms with E-state index in [1.807, 2.05) is 0 Å². The maximum Gasteiger partial charge on any atom is 0.412 e. The number of carbonyl (C=O) groups is 2. The summed E-state index contributed by atoms with van der Waals surface area (Å²) >= 11 is 0. The van der Waals surface area contributed by atoms with Gasteiger partial charge in [-0.2, -0.15) is 13.2 Å². The molecule has 1 aliphatic heterocycles. The Morgan fingerprint density at radius 3 is 2.56 bits per heavy atom. The van der Waals surface area contributed by atoms with E-state index in [0.717, 1.165) is 0 Å². The van der Waals surface area contributed by atoms with E-state index in [2.05, 4.69) is 5.32 Å². The van der Waals surface area contributed by atoms with Crippen LogP contribution in [0.3, 0.4) is 0 Å². The molecule has 2 rings (SSSR count). The molecule has 1 N–H and O–H groups in total. The number of alkyl halides is 3. The minimum absolute atomic E-state index is 0.234. The smallest absolute Gasteiger partial charge is 0.412 e. The van der Waals surface area contributed by atoms with Gasteiger partial charge in [-0.15, -0.1) is 0 Å². The van der Waals surface area contributed by atoms with Gasteiger partial charge in [0, 0.05) is 5.69 Å². The summed E-state index contributed by atoms with van der Waals surface area (Å²) < 4.78 is 43.1. The monoisotopic (exact) mass is 360 g/mol. The van der Waals surface area contributed by atoms with Crippen LogP contribution in [0.1, 0.15) is 32.8 Å². The van der Waals surface area contributed by atoms with Gasteiger partial charge >= 0.3 is 12.3 Å². The fourth-order valence-electron chi connectivity index (χ4n) is 2.11. The average Bonchev–Trinajstić information content (AvgIpc) is 2.42. The molecular weight excluding hydrogens is 341 g/mol. The number of nitrogens with zero attached hydrogens (tertiary/aromatic N) is 1. The second-order valence-corrected chi connectivity index (χ2v) is 6.58. The van der Waals surface area contributed by atoms with E-state index in [0.29, 0.717) is 16.3 Å². The predicted molar refractivity (Wildman–Crippen MR) is 82.4 cm³/mol. The second kappa shape index (κ2) is 6.91. The quantitative estimate of drug-likeness (QED) is 0.833. The van der Waals surface area contributed by atoms with Crippen molar-refractivity contribution in [1.82, 2.24) is 5.06 Å². The number of hydrogen-bond acceptors (Lipinski definition) is 4. The number of β-lactam (4-membered cyclic amide) rings is 1. The van der Waals surface area contributed by atoms with Crippen molar-refractivity contribution in [3.8, 4) is 0 Å². The third-order valence-corrected chi connectivity index (χ3v) is 3.22. The standard InChI is InChI=1S/C16H19F3N2O4/c1-15(2,3)25-14(23)20-11-6-4-5-10(7-11)9-24-21-12(8-13(21)22)16(17,18)19/h4-7,12H,8-9H2,1-3H3,(H,20,23). The number of carbonyl (C=O) groups excluding carboxylic acids is 2. The largest absolute Gasteiger partial charge is 0.444 e. The van der Waals surface area contributed by atoms with Gasteiger partial charge in [-0.1, -0.05) is 12.1 Å². The van der Waals surface area contributed by atoms with Crippen LogP contribution in [-0.4, -0.2) is 34.9 Å². The van der Waals surface area contributed by atoms with E-state index in [1.165, 1.54) is 6.07 Å². The molecule has 1 aliphatic rings. The van der Waals surface area contributed by atoms with Gasteiger partial charge in [0.1, 0.15) is 12.2 Å². The molecule has 138 valence electrons. The topological polar surface area (TPSA) is 67.9 Å². The Labute approximate surface area is 142 Å². The van der Waals surface area contributed by atoms with E-state index in [9.17, 15) is 22.8 Å². The van der Waals surface area contributed by atoms with E-state index in [4.69, 9.17) is 9.57 Å². The fraction of sp³-hybridized carbons (Fsp3) is 0.500. The molecule has 1 fully saturated rings. The second-order valence-electron chi connectivity index (χ2n) is 6.58. The zero-order valence-electron chi connectivity index (χ0n) is 14.0. The lowest BCUT2D eigenvalue weighted by Gasteiger charge is -2.39. The first-order valence-corrected chi connectivity index (χ1v) is 7.56. The normalized spacial score (nSPS) is 17.9. The first-order valence-electron chi connectivity index (χ1n) is 7.56. The Hall–Kier alpha value is -2.29. The van der Waals surface area contributed by atoms with Crippen LogP contribution < -0.4 is 5.32 Å². The number of ether oxygens (including phenoxy) is 1. The number of anilines is 1. The highest BCUT2D eigenvalue weighted by atomic mass is 19.4. The van der Waals surface area contributed by atoms with Gasteiger partial charge in [-0.05, 0) is 38.5 Å². The van der Waals surface area contributed by atoms with Gasteiger partial charge in [-0.3, -0.25) is 14.9 Å². The lowest BCUT2D eigenvalue weighted by atomic mass is 10.1. The molecule has 0 aromatic heterocycles. The Morgan fingerprint density at radius 1 is 1.32 bits per heavy atom. The highest BCUT2D eigenvalue weighted by molar-refractivity contribution is 5.85. The molecule has 1 heterocycles. The number of nitrogens with one attached hydrogen (secondary N) is 1.